The molecule has 1 aliphatic heterocycles. The van der Waals surface area contributed by atoms with E-state index in [1.54, 1.807) is 12.1 Å². The van der Waals surface area contributed by atoms with Crippen molar-refractivity contribution in [3.05, 3.63) is 59.2 Å². The minimum atomic E-state index is -0.558. The number of carbonyl (C=O) groups is 2. The van der Waals surface area contributed by atoms with E-state index in [-0.39, 0.29) is 30.2 Å². The number of hydrogen-bond donors (Lipinski definition) is 3. The zero-order valence-electron chi connectivity index (χ0n) is 15.9. The second kappa shape index (κ2) is 7.95. The Morgan fingerprint density at radius 2 is 1.97 bits per heavy atom. The third-order valence-electron chi connectivity index (χ3n) is 5.22. The van der Waals surface area contributed by atoms with Gasteiger partial charge in [-0.25, -0.2) is 8.78 Å². The zero-order valence-corrected chi connectivity index (χ0v) is 15.9. The van der Waals surface area contributed by atoms with Crippen LogP contribution in [0.2, 0.25) is 0 Å². The summed E-state index contributed by atoms with van der Waals surface area (Å²) in [6.45, 7) is 0.525. The summed E-state index contributed by atoms with van der Waals surface area (Å²) < 4.78 is 27.5. The normalized spacial score (nSPS) is 15.8. The minimum Gasteiger partial charge on any atom is -0.354 e. The van der Waals surface area contributed by atoms with Gasteiger partial charge >= 0.3 is 0 Å². The van der Waals surface area contributed by atoms with Crippen molar-refractivity contribution in [3.63, 3.8) is 0 Å². The topological polar surface area (TPSA) is 97.8 Å². The first-order valence-corrected chi connectivity index (χ1v) is 9.53. The molecule has 8 heteroatoms. The first-order valence-electron chi connectivity index (χ1n) is 9.53. The maximum absolute atomic E-state index is 14.1. The fourth-order valence-corrected chi connectivity index (χ4v) is 3.76. The van der Waals surface area contributed by atoms with Crippen molar-refractivity contribution < 1.29 is 18.4 Å². The standard InChI is InChI=1S/C22H18F2N4O2/c23-14-3-1-12(2-4-14)20-16(5-6-19(29)27-18-7-8-26-22(18)30)17-10-15(24)9-13(11-25)21(17)28-20/h1-4,9-10,18,28H,5-8H2,(H,26,30)(H,27,29). The van der Waals surface area contributed by atoms with Crippen LogP contribution in [0, 0.1) is 23.0 Å². The predicted molar refractivity (Wildman–Crippen MR) is 106 cm³/mol. The van der Waals surface area contributed by atoms with Gasteiger partial charge < -0.3 is 15.6 Å². The van der Waals surface area contributed by atoms with E-state index in [2.05, 4.69) is 15.6 Å². The lowest BCUT2D eigenvalue weighted by Crippen LogP contribution is -2.40. The average Bonchev–Trinajstić information content (AvgIpc) is 3.29. The van der Waals surface area contributed by atoms with Gasteiger partial charge in [-0.1, -0.05) is 0 Å². The monoisotopic (exact) mass is 408 g/mol. The lowest BCUT2D eigenvalue weighted by molar-refractivity contribution is -0.127. The molecule has 1 atom stereocenters. The van der Waals surface area contributed by atoms with Gasteiger partial charge in [0.2, 0.25) is 11.8 Å². The van der Waals surface area contributed by atoms with Crippen molar-refractivity contribution in [2.75, 3.05) is 6.54 Å². The molecule has 0 aliphatic carbocycles. The largest absolute Gasteiger partial charge is 0.354 e. The molecule has 3 N–H and O–H groups in total. The van der Waals surface area contributed by atoms with Crippen molar-refractivity contribution in [1.29, 1.82) is 5.26 Å². The van der Waals surface area contributed by atoms with E-state index in [1.807, 2.05) is 6.07 Å². The summed E-state index contributed by atoms with van der Waals surface area (Å²) >= 11 is 0. The van der Waals surface area contributed by atoms with Crippen molar-refractivity contribution >= 4 is 22.7 Å². The lowest BCUT2D eigenvalue weighted by atomic mass is 10.00. The smallest absolute Gasteiger partial charge is 0.242 e. The molecular weight excluding hydrogens is 390 g/mol. The molecule has 6 nitrogen and oxygen atoms in total. The first kappa shape index (κ1) is 19.6. The van der Waals surface area contributed by atoms with Gasteiger partial charge in [-0.3, -0.25) is 9.59 Å². The van der Waals surface area contributed by atoms with E-state index < -0.39 is 17.7 Å². The number of fused-ring (bicyclic) bond motifs is 1. The number of H-pyrrole nitrogens is 1. The van der Waals surface area contributed by atoms with Crippen LogP contribution in [0.4, 0.5) is 8.78 Å². The summed E-state index contributed by atoms with van der Waals surface area (Å²) in [5.74, 6) is -1.46. The minimum absolute atomic E-state index is 0.0727. The van der Waals surface area contributed by atoms with Gasteiger partial charge in [0.1, 0.15) is 23.7 Å². The number of aromatic amines is 1. The fourth-order valence-electron chi connectivity index (χ4n) is 3.76. The highest BCUT2D eigenvalue weighted by Crippen LogP contribution is 2.33. The number of aryl methyl sites for hydroxylation is 1. The van der Waals surface area contributed by atoms with E-state index in [9.17, 15) is 23.6 Å². The zero-order chi connectivity index (χ0) is 21.3. The van der Waals surface area contributed by atoms with Crippen molar-refractivity contribution in [3.8, 4) is 17.3 Å². The van der Waals surface area contributed by atoms with Gasteiger partial charge in [-0.05, 0) is 60.4 Å². The van der Waals surface area contributed by atoms with Crippen LogP contribution in [0.15, 0.2) is 36.4 Å². The molecule has 1 aliphatic rings. The van der Waals surface area contributed by atoms with Gasteiger partial charge in [0, 0.05) is 24.0 Å². The number of halogens is 2. The summed E-state index contributed by atoms with van der Waals surface area (Å²) in [6, 6.07) is 9.66. The van der Waals surface area contributed by atoms with E-state index in [0.29, 0.717) is 40.7 Å². The summed E-state index contributed by atoms with van der Waals surface area (Å²) in [7, 11) is 0. The number of amides is 2. The molecule has 30 heavy (non-hydrogen) atoms. The second-order valence-electron chi connectivity index (χ2n) is 7.17. The highest BCUT2D eigenvalue weighted by atomic mass is 19.1. The molecule has 0 spiro atoms. The maximum atomic E-state index is 14.1. The number of aromatic nitrogens is 1. The number of nitrogens with zero attached hydrogens (tertiary/aromatic N) is 1. The molecule has 0 bridgehead atoms. The molecule has 1 fully saturated rings. The summed E-state index contributed by atoms with van der Waals surface area (Å²) in [6.07, 6.45) is 0.861. The Hall–Kier alpha value is -3.73. The number of rotatable bonds is 5. The van der Waals surface area contributed by atoms with Crippen LogP contribution in [-0.4, -0.2) is 29.4 Å². The fraction of sp³-hybridized carbons (Fsp3) is 0.227. The van der Waals surface area contributed by atoms with Crippen LogP contribution in [0.1, 0.15) is 24.0 Å². The molecule has 2 heterocycles. The Labute approximate surface area is 170 Å². The first-order chi connectivity index (χ1) is 14.5. The van der Waals surface area contributed by atoms with E-state index >= 15 is 0 Å². The van der Waals surface area contributed by atoms with Crippen LogP contribution < -0.4 is 10.6 Å². The van der Waals surface area contributed by atoms with Crippen molar-refractivity contribution in [2.24, 2.45) is 0 Å². The Kier molecular flexibility index (Phi) is 5.19. The Morgan fingerprint density at radius 3 is 2.63 bits per heavy atom. The van der Waals surface area contributed by atoms with Gasteiger partial charge in [-0.15, -0.1) is 0 Å². The molecule has 4 rings (SSSR count). The second-order valence-corrected chi connectivity index (χ2v) is 7.17. The van der Waals surface area contributed by atoms with Gasteiger partial charge in [0.15, 0.2) is 0 Å². The Balaban J connectivity index is 1.69. The van der Waals surface area contributed by atoms with Gasteiger partial charge in [0.25, 0.3) is 0 Å². The van der Waals surface area contributed by atoms with Crippen molar-refractivity contribution in [2.45, 2.75) is 25.3 Å². The Bertz CT molecular complexity index is 1180. The van der Waals surface area contributed by atoms with Crippen molar-refractivity contribution in [1.82, 2.24) is 15.6 Å². The van der Waals surface area contributed by atoms with Gasteiger partial charge in [0.05, 0.1) is 11.1 Å². The summed E-state index contributed by atoms with van der Waals surface area (Å²) in [5.41, 5.74) is 2.51. The SMILES string of the molecule is N#Cc1cc(F)cc2c(CCC(=O)NC3CCNC3=O)c(-c3ccc(F)cc3)[nH]c12. The molecule has 0 saturated carbocycles. The number of nitriles is 1. The van der Waals surface area contributed by atoms with E-state index in [4.69, 9.17) is 0 Å². The summed E-state index contributed by atoms with van der Waals surface area (Å²) in [4.78, 5) is 27.2. The molecule has 2 amide bonds. The molecule has 1 aromatic heterocycles. The number of nitrogens with one attached hydrogen (secondary N) is 3. The predicted octanol–water partition coefficient (Wildman–Crippen LogP) is 2.92. The van der Waals surface area contributed by atoms with Crippen LogP contribution >= 0.6 is 0 Å². The molecule has 2 aromatic carbocycles. The maximum Gasteiger partial charge on any atom is 0.242 e. The molecule has 1 unspecified atom stereocenters. The summed E-state index contributed by atoms with van der Waals surface area (Å²) in [5, 5.41) is 15.2. The molecule has 1 saturated heterocycles. The van der Waals surface area contributed by atoms with E-state index in [1.165, 1.54) is 18.2 Å². The molecular formula is C22H18F2N4O2. The van der Waals surface area contributed by atoms with Crippen LogP contribution in [0.5, 0.6) is 0 Å². The average molecular weight is 408 g/mol. The molecule has 3 aromatic rings. The highest BCUT2D eigenvalue weighted by molar-refractivity contribution is 5.95. The quantitative estimate of drug-likeness (QED) is 0.605. The lowest BCUT2D eigenvalue weighted by Gasteiger charge is -2.10. The highest BCUT2D eigenvalue weighted by Gasteiger charge is 2.26. The van der Waals surface area contributed by atoms with Crippen LogP contribution in [0.25, 0.3) is 22.2 Å². The molecule has 0 radical (unpaired) electrons. The third kappa shape index (κ3) is 3.74. The number of benzene rings is 2. The van der Waals surface area contributed by atoms with E-state index in [0.717, 1.165) is 6.07 Å². The van der Waals surface area contributed by atoms with Gasteiger partial charge in [-0.2, -0.15) is 5.26 Å². The molecule has 152 valence electrons. The Morgan fingerprint density at radius 1 is 1.20 bits per heavy atom. The van der Waals surface area contributed by atoms with Crippen LogP contribution in [0.3, 0.4) is 0 Å². The van der Waals surface area contributed by atoms with Crippen LogP contribution in [-0.2, 0) is 16.0 Å². The number of carbonyl (C=O) groups excluding carboxylic acids is 2. The third-order valence-corrected chi connectivity index (χ3v) is 5.22. The number of hydrogen-bond acceptors (Lipinski definition) is 3.